The first-order valence-electron chi connectivity index (χ1n) is 6.83. The quantitative estimate of drug-likeness (QED) is 0.526. The fraction of sp³-hybridized carbons (Fsp3) is 0.500. The predicted molar refractivity (Wildman–Crippen MR) is 77.0 cm³/mol. The van der Waals surface area contributed by atoms with Gasteiger partial charge in [0.1, 0.15) is 5.82 Å². The van der Waals surface area contributed by atoms with Crippen LogP contribution in [0.3, 0.4) is 0 Å². The molecule has 2 unspecified atom stereocenters. The number of alkyl halides is 1. The van der Waals surface area contributed by atoms with Crippen LogP contribution in [0.25, 0.3) is 0 Å². The zero-order valence-electron chi connectivity index (χ0n) is 11.4. The molecule has 7 heteroatoms. The second-order valence-electron chi connectivity index (χ2n) is 5.30. The van der Waals surface area contributed by atoms with Crippen molar-refractivity contribution in [1.29, 1.82) is 0 Å². The first-order chi connectivity index (χ1) is 9.95. The Morgan fingerprint density at radius 1 is 1.43 bits per heavy atom. The maximum Gasteiger partial charge on any atom is 0.273 e. The van der Waals surface area contributed by atoms with E-state index in [-0.39, 0.29) is 10.9 Å². The van der Waals surface area contributed by atoms with E-state index in [1.165, 1.54) is 0 Å². The minimum absolute atomic E-state index is 0.0417. The van der Waals surface area contributed by atoms with Crippen molar-refractivity contribution in [2.45, 2.75) is 31.1 Å². The average Bonchev–Trinajstić information content (AvgIpc) is 2.44. The third-order valence-electron chi connectivity index (χ3n) is 3.63. The Morgan fingerprint density at radius 3 is 2.86 bits per heavy atom. The predicted octanol–water partition coefficient (Wildman–Crippen LogP) is 3.26. The summed E-state index contributed by atoms with van der Waals surface area (Å²) in [5, 5.41) is 13.5. The second kappa shape index (κ2) is 6.85. The number of halogens is 2. The van der Waals surface area contributed by atoms with Gasteiger partial charge in [0.05, 0.1) is 11.0 Å². The molecule has 1 saturated carbocycles. The van der Waals surface area contributed by atoms with E-state index >= 15 is 0 Å². The summed E-state index contributed by atoms with van der Waals surface area (Å²) in [6.07, 6.45) is 3.85. The summed E-state index contributed by atoms with van der Waals surface area (Å²) in [6, 6.07) is 2.85. The molecule has 1 amide bonds. The van der Waals surface area contributed by atoms with Crippen LogP contribution < -0.4 is 5.32 Å². The molecular formula is C14H16ClFN2O3. The lowest BCUT2D eigenvalue weighted by Crippen LogP contribution is -2.32. The summed E-state index contributed by atoms with van der Waals surface area (Å²) in [7, 11) is 0. The standard InChI is InChI=1S/C14H16ClFN2O3/c15-11-3-1-2-9(4-11)8-17-14(19)10-5-12(16)7-13(6-10)18(20)21/h5-7,9,11H,1-4,8H2,(H,17,19). The van der Waals surface area contributed by atoms with E-state index in [0.717, 1.165) is 43.9 Å². The fourth-order valence-electron chi connectivity index (χ4n) is 2.56. The Bertz CT molecular complexity index is 553. The van der Waals surface area contributed by atoms with E-state index in [1.807, 2.05) is 0 Å². The van der Waals surface area contributed by atoms with Crippen LogP contribution in [-0.4, -0.2) is 22.8 Å². The Hall–Kier alpha value is -1.69. The number of hydrogen-bond donors (Lipinski definition) is 1. The van der Waals surface area contributed by atoms with E-state index in [0.29, 0.717) is 12.5 Å². The van der Waals surface area contributed by atoms with Gasteiger partial charge >= 0.3 is 0 Å². The van der Waals surface area contributed by atoms with E-state index in [9.17, 15) is 19.3 Å². The molecule has 0 aromatic heterocycles. The molecule has 0 spiro atoms. The average molecular weight is 315 g/mol. The molecule has 1 aromatic carbocycles. The van der Waals surface area contributed by atoms with Gasteiger partial charge in [0.2, 0.25) is 0 Å². The highest BCUT2D eigenvalue weighted by molar-refractivity contribution is 6.20. The number of carbonyl (C=O) groups is 1. The zero-order valence-corrected chi connectivity index (χ0v) is 12.1. The van der Waals surface area contributed by atoms with Gasteiger partial charge < -0.3 is 5.32 Å². The smallest absolute Gasteiger partial charge is 0.273 e. The topological polar surface area (TPSA) is 72.2 Å². The molecule has 5 nitrogen and oxygen atoms in total. The molecule has 0 heterocycles. The summed E-state index contributed by atoms with van der Waals surface area (Å²) in [5.41, 5.74) is -0.474. The molecule has 21 heavy (non-hydrogen) atoms. The van der Waals surface area contributed by atoms with E-state index in [4.69, 9.17) is 11.6 Å². The number of non-ortho nitro benzene ring substituents is 1. The molecule has 114 valence electrons. The Morgan fingerprint density at radius 2 is 2.19 bits per heavy atom. The lowest BCUT2D eigenvalue weighted by molar-refractivity contribution is -0.385. The van der Waals surface area contributed by atoms with Gasteiger partial charge in [-0.3, -0.25) is 14.9 Å². The number of hydrogen-bond acceptors (Lipinski definition) is 3. The Labute approximate surface area is 126 Å². The number of carbonyl (C=O) groups excluding carboxylic acids is 1. The molecular weight excluding hydrogens is 299 g/mol. The van der Waals surface area contributed by atoms with Crippen LogP contribution >= 0.6 is 11.6 Å². The van der Waals surface area contributed by atoms with Crippen molar-refractivity contribution in [2.75, 3.05) is 6.54 Å². The maximum absolute atomic E-state index is 13.3. The molecule has 0 bridgehead atoms. The molecule has 1 fully saturated rings. The lowest BCUT2D eigenvalue weighted by atomic mass is 9.89. The number of benzene rings is 1. The third-order valence-corrected chi connectivity index (χ3v) is 4.02. The second-order valence-corrected chi connectivity index (χ2v) is 5.91. The lowest BCUT2D eigenvalue weighted by Gasteiger charge is -2.25. The van der Waals surface area contributed by atoms with Crippen molar-refractivity contribution in [2.24, 2.45) is 5.92 Å². The van der Waals surface area contributed by atoms with Crippen LogP contribution in [0, 0.1) is 21.8 Å². The monoisotopic (exact) mass is 314 g/mol. The number of rotatable bonds is 4. The van der Waals surface area contributed by atoms with Crippen LogP contribution in [0.5, 0.6) is 0 Å². The van der Waals surface area contributed by atoms with Gasteiger partial charge in [-0.25, -0.2) is 4.39 Å². The molecule has 2 rings (SSSR count). The van der Waals surface area contributed by atoms with Gasteiger partial charge in [-0.05, 0) is 31.2 Å². The normalized spacial score (nSPS) is 21.8. The van der Waals surface area contributed by atoms with Gasteiger partial charge in [-0.15, -0.1) is 11.6 Å². The summed E-state index contributed by atoms with van der Waals surface area (Å²) in [4.78, 5) is 21.9. The number of nitrogens with one attached hydrogen (secondary N) is 1. The molecule has 0 aliphatic heterocycles. The number of nitrogens with zero attached hydrogens (tertiary/aromatic N) is 1. The number of nitro groups is 1. The van der Waals surface area contributed by atoms with E-state index < -0.39 is 22.3 Å². The fourth-order valence-corrected chi connectivity index (χ4v) is 2.97. The Kier molecular flexibility index (Phi) is 5.12. The van der Waals surface area contributed by atoms with Crippen LogP contribution in [-0.2, 0) is 0 Å². The maximum atomic E-state index is 13.3. The first kappa shape index (κ1) is 15.7. The molecule has 1 aliphatic carbocycles. The van der Waals surface area contributed by atoms with Crippen LogP contribution in [0.4, 0.5) is 10.1 Å². The van der Waals surface area contributed by atoms with E-state index in [2.05, 4.69) is 5.32 Å². The van der Waals surface area contributed by atoms with Crippen LogP contribution in [0.15, 0.2) is 18.2 Å². The van der Waals surface area contributed by atoms with Crippen LogP contribution in [0.2, 0.25) is 0 Å². The van der Waals surface area contributed by atoms with Crippen molar-refractivity contribution in [3.8, 4) is 0 Å². The van der Waals surface area contributed by atoms with Gasteiger partial charge in [0.15, 0.2) is 0 Å². The molecule has 0 radical (unpaired) electrons. The number of amides is 1. The minimum Gasteiger partial charge on any atom is -0.352 e. The summed E-state index contributed by atoms with van der Waals surface area (Å²) < 4.78 is 13.3. The highest BCUT2D eigenvalue weighted by Crippen LogP contribution is 2.27. The highest BCUT2D eigenvalue weighted by Gasteiger charge is 2.21. The molecule has 0 saturated heterocycles. The zero-order chi connectivity index (χ0) is 15.4. The SMILES string of the molecule is O=C(NCC1CCCC(Cl)C1)c1cc(F)cc([N+](=O)[O-])c1. The summed E-state index contributed by atoms with van der Waals surface area (Å²) in [6.45, 7) is 0.451. The molecule has 1 aliphatic rings. The van der Waals surface area contributed by atoms with Gasteiger partial charge in [0.25, 0.3) is 11.6 Å². The highest BCUT2D eigenvalue weighted by atomic mass is 35.5. The van der Waals surface area contributed by atoms with Crippen molar-refractivity contribution in [1.82, 2.24) is 5.32 Å². The van der Waals surface area contributed by atoms with Crippen molar-refractivity contribution in [3.05, 3.63) is 39.7 Å². The number of nitro benzene ring substituents is 1. The van der Waals surface area contributed by atoms with Gasteiger partial charge in [-0.1, -0.05) is 6.42 Å². The first-order valence-corrected chi connectivity index (χ1v) is 7.26. The molecule has 1 aromatic rings. The van der Waals surface area contributed by atoms with Crippen LogP contribution in [0.1, 0.15) is 36.0 Å². The van der Waals surface area contributed by atoms with Crippen molar-refractivity contribution >= 4 is 23.2 Å². The molecule has 2 atom stereocenters. The third kappa shape index (κ3) is 4.39. The van der Waals surface area contributed by atoms with Crippen molar-refractivity contribution in [3.63, 3.8) is 0 Å². The minimum atomic E-state index is -0.798. The van der Waals surface area contributed by atoms with Gasteiger partial charge in [-0.2, -0.15) is 0 Å². The summed E-state index contributed by atoms with van der Waals surface area (Å²) >= 11 is 6.08. The largest absolute Gasteiger partial charge is 0.352 e. The van der Waals surface area contributed by atoms with Crippen molar-refractivity contribution < 1.29 is 14.1 Å². The Balaban J connectivity index is 1.98. The summed E-state index contributed by atoms with van der Waals surface area (Å²) in [5.74, 6) is -1.00. The van der Waals surface area contributed by atoms with E-state index in [1.54, 1.807) is 0 Å². The molecule has 1 N–H and O–H groups in total. The van der Waals surface area contributed by atoms with Gasteiger partial charge in [0, 0.05) is 23.6 Å².